The maximum absolute atomic E-state index is 12.3. The summed E-state index contributed by atoms with van der Waals surface area (Å²) in [5.41, 5.74) is 5.37. The first-order chi connectivity index (χ1) is 11.7. The third-order valence-corrected chi connectivity index (χ3v) is 4.61. The predicted octanol–water partition coefficient (Wildman–Crippen LogP) is 3.76. The summed E-state index contributed by atoms with van der Waals surface area (Å²) in [5.74, 6) is 0.859. The minimum Gasteiger partial charge on any atom is -0.497 e. The van der Waals surface area contributed by atoms with Crippen LogP contribution in [0.4, 0.5) is 0 Å². The van der Waals surface area contributed by atoms with E-state index in [9.17, 15) is 4.79 Å². The molecule has 0 spiro atoms. The number of fused-ring (bicyclic) bond motifs is 3. The summed E-state index contributed by atoms with van der Waals surface area (Å²) in [7, 11) is 1.67. The minimum absolute atomic E-state index is 0.0158. The molecule has 1 N–H and O–H groups in total. The number of carbonyl (C=O) groups is 1. The third kappa shape index (κ3) is 2.35. The molecule has 0 fully saturated rings. The van der Waals surface area contributed by atoms with Crippen molar-refractivity contribution in [3.8, 4) is 16.9 Å². The van der Waals surface area contributed by atoms with E-state index in [1.54, 1.807) is 7.11 Å². The topological polar surface area (TPSA) is 43.3 Å². The van der Waals surface area contributed by atoms with Gasteiger partial charge in [0.05, 0.1) is 12.6 Å². The van der Waals surface area contributed by atoms with Gasteiger partial charge in [0.1, 0.15) is 11.4 Å². The molecule has 24 heavy (non-hydrogen) atoms. The van der Waals surface area contributed by atoms with Gasteiger partial charge in [-0.15, -0.1) is 0 Å². The number of ether oxygens (including phenoxy) is 1. The molecule has 0 bridgehead atoms. The van der Waals surface area contributed by atoms with Crippen LogP contribution >= 0.6 is 0 Å². The molecule has 0 atom stereocenters. The molecular formula is C20H20N2O2. The van der Waals surface area contributed by atoms with E-state index in [0.29, 0.717) is 0 Å². The highest BCUT2D eigenvalue weighted by Gasteiger charge is 2.20. The number of carbonyl (C=O) groups excluding carboxylic acids is 1. The number of nitrogens with one attached hydrogen (secondary N) is 1. The van der Waals surface area contributed by atoms with Crippen LogP contribution in [0.1, 0.15) is 22.5 Å². The van der Waals surface area contributed by atoms with Crippen LogP contribution in [0.2, 0.25) is 0 Å². The van der Waals surface area contributed by atoms with Gasteiger partial charge in [0, 0.05) is 24.0 Å². The van der Waals surface area contributed by atoms with E-state index < -0.39 is 0 Å². The van der Waals surface area contributed by atoms with Gasteiger partial charge < -0.3 is 14.6 Å². The standard InChI is InChI=1S/C20H20N2O2/c1-13-10-15-12-18-20(23)21-8-3-9-22(18)19(15)17(11-13)14-4-6-16(24-2)7-5-14/h4-7,10-12H,3,8-9H2,1-2H3,(H,21,23). The summed E-state index contributed by atoms with van der Waals surface area (Å²) in [6.45, 7) is 3.67. The van der Waals surface area contributed by atoms with Crippen molar-refractivity contribution < 1.29 is 9.53 Å². The molecule has 2 heterocycles. The first-order valence-corrected chi connectivity index (χ1v) is 8.24. The largest absolute Gasteiger partial charge is 0.497 e. The summed E-state index contributed by atoms with van der Waals surface area (Å²) in [6, 6.07) is 14.5. The van der Waals surface area contributed by atoms with Gasteiger partial charge >= 0.3 is 0 Å². The number of hydrogen-bond acceptors (Lipinski definition) is 2. The van der Waals surface area contributed by atoms with E-state index in [1.807, 2.05) is 18.2 Å². The number of aromatic nitrogens is 1. The van der Waals surface area contributed by atoms with Crippen LogP contribution in [-0.2, 0) is 6.54 Å². The fraction of sp³-hybridized carbons (Fsp3) is 0.250. The molecule has 1 aromatic heterocycles. The molecule has 0 radical (unpaired) electrons. The SMILES string of the molecule is COc1ccc(-c2cc(C)cc3cc4n(c23)CCCNC4=O)cc1. The molecule has 0 aliphatic carbocycles. The first-order valence-electron chi connectivity index (χ1n) is 8.24. The van der Waals surface area contributed by atoms with Crippen LogP contribution in [-0.4, -0.2) is 24.1 Å². The summed E-state index contributed by atoms with van der Waals surface area (Å²) in [4.78, 5) is 12.3. The van der Waals surface area contributed by atoms with E-state index in [4.69, 9.17) is 4.74 Å². The Morgan fingerprint density at radius 2 is 1.92 bits per heavy atom. The van der Waals surface area contributed by atoms with E-state index in [0.717, 1.165) is 53.0 Å². The highest BCUT2D eigenvalue weighted by atomic mass is 16.5. The van der Waals surface area contributed by atoms with Crippen LogP contribution < -0.4 is 10.1 Å². The predicted molar refractivity (Wildman–Crippen MR) is 95.6 cm³/mol. The van der Waals surface area contributed by atoms with Gasteiger partial charge in [0.15, 0.2) is 0 Å². The van der Waals surface area contributed by atoms with Crippen molar-refractivity contribution in [3.05, 3.63) is 53.7 Å². The van der Waals surface area contributed by atoms with Crippen molar-refractivity contribution in [1.82, 2.24) is 9.88 Å². The zero-order chi connectivity index (χ0) is 16.7. The Labute approximate surface area is 141 Å². The lowest BCUT2D eigenvalue weighted by molar-refractivity contribution is 0.0951. The van der Waals surface area contributed by atoms with Gasteiger partial charge in [-0.2, -0.15) is 0 Å². The zero-order valence-corrected chi connectivity index (χ0v) is 13.9. The summed E-state index contributed by atoms with van der Waals surface area (Å²) in [5, 5.41) is 4.09. The van der Waals surface area contributed by atoms with Crippen molar-refractivity contribution >= 4 is 16.8 Å². The maximum atomic E-state index is 12.3. The van der Waals surface area contributed by atoms with Crippen LogP contribution in [0.3, 0.4) is 0 Å². The van der Waals surface area contributed by atoms with Crippen molar-refractivity contribution in [2.75, 3.05) is 13.7 Å². The van der Waals surface area contributed by atoms with Crippen molar-refractivity contribution in [2.45, 2.75) is 19.9 Å². The first kappa shape index (κ1) is 14.8. The Hall–Kier alpha value is -2.75. The maximum Gasteiger partial charge on any atom is 0.267 e. The van der Waals surface area contributed by atoms with Crippen LogP contribution in [0, 0.1) is 6.92 Å². The van der Waals surface area contributed by atoms with Gasteiger partial charge in [-0.25, -0.2) is 0 Å². The average molecular weight is 320 g/mol. The molecular weight excluding hydrogens is 300 g/mol. The Balaban J connectivity index is 1.98. The molecule has 0 saturated carbocycles. The van der Waals surface area contributed by atoms with E-state index in [2.05, 4.69) is 41.1 Å². The Morgan fingerprint density at radius 1 is 1.12 bits per heavy atom. The molecule has 1 amide bonds. The lowest BCUT2D eigenvalue weighted by Crippen LogP contribution is -2.22. The number of methoxy groups -OCH3 is 1. The van der Waals surface area contributed by atoms with E-state index in [1.165, 1.54) is 5.56 Å². The lowest BCUT2D eigenvalue weighted by Gasteiger charge is -2.12. The molecule has 3 aromatic rings. The Bertz CT molecular complexity index is 923. The fourth-order valence-electron chi connectivity index (χ4n) is 3.50. The van der Waals surface area contributed by atoms with Crippen molar-refractivity contribution in [1.29, 1.82) is 0 Å². The monoisotopic (exact) mass is 320 g/mol. The van der Waals surface area contributed by atoms with Gasteiger partial charge in [-0.3, -0.25) is 4.79 Å². The average Bonchev–Trinajstić information content (AvgIpc) is 2.86. The molecule has 4 heteroatoms. The number of rotatable bonds is 2. The number of hydrogen-bond donors (Lipinski definition) is 1. The van der Waals surface area contributed by atoms with Gasteiger partial charge in [0.2, 0.25) is 0 Å². The lowest BCUT2D eigenvalue weighted by atomic mass is 10.00. The van der Waals surface area contributed by atoms with E-state index >= 15 is 0 Å². The smallest absolute Gasteiger partial charge is 0.267 e. The van der Waals surface area contributed by atoms with Crippen LogP contribution in [0.25, 0.3) is 22.0 Å². The number of benzene rings is 2. The second kappa shape index (κ2) is 5.71. The van der Waals surface area contributed by atoms with Gasteiger partial charge in [-0.05, 0) is 54.8 Å². The molecule has 4 nitrogen and oxygen atoms in total. The van der Waals surface area contributed by atoms with Crippen molar-refractivity contribution in [2.24, 2.45) is 0 Å². The summed E-state index contributed by atoms with van der Waals surface area (Å²) in [6.07, 6.45) is 0.943. The Morgan fingerprint density at radius 3 is 2.67 bits per heavy atom. The van der Waals surface area contributed by atoms with Crippen molar-refractivity contribution in [3.63, 3.8) is 0 Å². The second-order valence-electron chi connectivity index (χ2n) is 6.27. The summed E-state index contributed by atoms with van der Waals surface area (Å²) < 4.78 is 7.43. The minimum atomic E-state index is 0.0158. The van der Waals surface area contributed by atoms with Gasteiger partial charge in [0.25, 0.3) is 5.91 Å². The highest BCUT2D eigenvalue weighted by Crippen LogP contribution is 2.34. The van der Waals surface area contributed by atoms with Gasteiger partial charge in [-0.1, -0.05) is 12.1 Å². The fourth-order valence-corrected chi connectivity index (χ4v) is 3.50. The molecule has 4 rings (SSSR count). The molecule has 0 saturated heterocycles. The Kier molecular flexibility index (Phi) is 3.53. The second-order valence-corrected chi connectivity index (χ2v) is 6.27. The van der Waals surface area contributed by atoms with E-state index in [-0.39, 0.29) is 5.91 Å². The normalized spacial score (nSPS) is 14.2. The molecule has 2 aromatic carbocycles. The quantitative estimate of drug-likeness (QED) is 0.781. The zero-order valence-electron chi connectivity index (χ0n) is 13.9. The molecule has 122 valence electrons. The number of aryl methyl sites for hydroxylation is 2. The summed E-state index contributed by atoms with van der Waals surface area (Å²) >= 11 is 0. The third-order valence-electron chi connectivity index (χ3n) is 4.61. The number of amides is 1. The van der Waals surface area contributed by atoms with Crippen LogP contribution in [0.15, 0.2) is 42.5 Å². The molecule has 1 aliphatic rings. The molecule has 0 unspecified atom stereocenters. The van der Waals surface area contributed by atoms with Crippen LogP contribution in [0.5, 0.6) is 5.75 Å². The highest BCUT2D eigenvalue weighted by molar-refractivity contribution is 6.03. The molecule has 1 aliphatic heterocycles. The number of nitrogens with zero attached hydrogens (tertiary/aromatic N) is 1.